The number of hydrogen-bond donors (Lipinski definition) is 4. The van der Waals surface area contributed by atoms with Crippen molar-refractivity contribution >= 4 is 62.2 Å². The molecule has 2 amide bonds. The first-order valence-corrected chi connectivity index (χ1v) is 16.0. The number of amides is 2. The van der Waals surface area contributed by atoms with Gasteiger partial charge in [-0.2, -0.15) is 21.6 Å². The molecule has 0 aliphatic carbocycles. The van der Waals surface area contributed by atoms with Crippen molar-refractivity contribution in [2.45, 2.75) is 85.7 Å². The predicted octanol–water partition coefficient (Wildman–Crippen LogP) is 1.93. The molecule has 0 aromatic carbocycles. The summed E-state index contributed by atoms with van der Waals surface area (Å²) >= 11 is 0.986. The molecular weight excluding hydrogens is 695 g/mol. The fourth-order valence-electron chi connectivity index (χ4n) is 3.10. The summed E-state index contributed by atoms with van der Waals surface area (Å²) in [6.45, 7) is 12.2. The van der Waals surface area contributed by atoms with Crippen molar-refractivity contribution in [3.8, 4) is 0 Å². The maximum Gasteiger partial charge on any atom is 0.490 e. The van der Waals surface area contributed by atoms with Gasteiger partial charge in [0.25, 0.3) is 11.8 Å². The third kappa shape index (κ3) is 11.9. The number of carbonyl (C=O) groups excluding carboxylic acids is 3. The Labute approximate surface area is 277 Å². The zero-order valence-corrected chi connectivity index (χ0v) is 28.8. The van der Waals surface area contributed by atoms with Gasteiger partial charge in [0, 0.05) is 5.38 Å². The van der Waals surface area contributed by atoms with Crippen LogP contribution in [0, 0.1) is 10.8 Å². The molecule has 1 aromatic heterocycles. The molecule has 0 radical (unpaired) electrons. The van der Waals surface area contributed by atoms with Crippen molar-refractivity contribution in [2.24, 2.45) is 16.0 Å². The third-order valence-corrected chi connectivity index (χ3v) is 8.27. The molecule has 0 spiro atoms. The number of carboxylic acid groups (broad SMARTS) is 2. The quantitative estimate of drug-likeness (QED) is 0.0978. The number of oxime groups is 1. The second-order valence-electron chi connectivity index (χ2n) is 12.6. The summed E-state index contributed by atoms with van der Waals surface area (Å²) < 4.78 is 68.3. The number of carbonyl (C=O) groups is 5. The number of halogens is 3. The lowest BCUT2D eigenvalue weighted by Crippen LogP contribution is -2.71. The SMILES string of the molecule is C[C@H]1[C@H](NC(=O)/C(=N\OC(C)(C)C(=O)O)c2csc(N)n2)C(=O)N1S(=O)(=O)OCC(C)(C)CCOC(=O)C(C)(C)C.O=C(O)C(F)(F)F. The van der Waals surface area contributed by atoms with Gasteiger partial charge in [-0.15, -0.1) is 11.3 Å². The van der Waals surface area contributed by atoms with Crippen LogP contribution in [0.2, 0.25) is 0 Å². The van der Waals surface area contributed by atoms with Gasteiger partial charge in [0.05, 0.1) is 24.7 Å². The van der Waals surface area contributed by atoms with Gasteiger partial charge in [-0.1, -0.05) is 19.0 Å². The van der Waals surface area contributed by atoms with Gasteiger partial charge in [-0.25, -0.2) is 18.9 Å². The molecule has 2 atom stereocenters. The molecule has 2 rings (SSSR count). The highest BCUT2D eigenvalue weighted by Crippen LogP contribution is 2.29. The van der Waals surface area contributed by atoms with Crippen molar-refractivity contribution in [1.29, 1.82) is 0 Å². The van der Waals surface area contributed by atoms with Gasteiger partial charge in [0.2, 0.25) is 5.60 Å². The lowest BCUT2D eigenvalue weighted by molar-refractivity contribution is -0.192. The molecule has 1 saturated heterocycles. The van der Waals surface area contributed by atoms with E-state index >= 15 is 0 Å². The Kier molecular flexibility index (Phi) is 13.5. The van der Waals surface area contributed by atoms with Crippen molar-refractivity contribution in [3.05, 3.63) is 11.1 Å². The first-order valence-electron chi connectivity index (χ1n) is 13.8. The Morgan fingerprint density at radius 2 is 1.62 bits per heavy atom. The number of nitrogens with one attached hydrogen (secondary N) is 1. The lowest BCUT2D eigenvalue weighted by Gasteiger charge is -2.43. The van der Waals surface area contributed by atoms with Crippen LogP contribution in [0.15, 0.2) is 10.5 Å². The summed E-state index contributed by atoms with van der Waals surface area (Å²) in [5.41, 5.74) is 1.95. The molecule has 5 N–H and O–H groups in total. The Hall–Kier alpha value is -4.05. The first kappa shape index (κ1) is 42.0. The number of aliphatic carboxylic acids is 2. The second kappa shape index (κ2) is 15.4. The summed E-state index contributed by atoms with van der Waals surface area (Å²) in [5, 5.41) is 23.9. The molecule has 1 aromatic rings. The summed E-state index contributed by atoms with van der Waals surface area (Å²) in [5.74, 6) is -6.42. The van der Waals surface area contributed by atoms with E-state index in [4.69, 9.17) is 29.4 Å². The summed E-state index contributed by atoms with van der Waals surface area (Å²) in [7, 11) is -4.52. The van der Waals surface area contributed by atoms with Gasteiger partial charge in [-0.05, 0) is 53.4 Å². The van der Waals surface area contributed by atoms with Crippen LogP contribution >= 0.6 is 11.3 Å². The maximum atomic E-state index is 13.0. The Morgan fingerprint density at radius 3 is 2.04 bits per heavy atom. The number of anilines is 1. The molecule has 48 heavy (non-hydrogen) atoms. The highest BCUT2D eigenvalue weighted by atomic mass is 32.2. The average Bonchev–Trinajstić information content (AvgIpc) is 3.35. The zero-order chi connectivity index (χ0) is 37.6. The highest BCUT2D eigenvalue weighted by Gasteiger charge is 2.53. The monoisotopic (exact) mass is 733 g/mol. The minimum atomic E-state index is -5.08. The molecule has 2 heterocycles. The number of carboxylic acids is 2. The number of nitrogens with two attached hydrogens (primary N) is 1. The predicted molar refractivity (Wildman–Crippen MR) is 161 cm³/mol. The van der Waals surface area contributed by atoms with Gasteiger partial charge >= 0.3 is 34.4 Å². The fourth-order valence-corrected chi connectivity index (χ4v) is 5.09. The number of nitrogen functional groups attached to an aromatic ring is 1. The van der Waals surface area contributed by atoms with Crippen LogP contribution in [0.5, 0.6) is 0 Å². The van der Waals surface area contributed by atoms with E-state index in [1.165, 1.54) is 26.2 Å². The number of esters is 1. The number of thiazole rings is 1. The van der Waals surface area contributed by atoms with Crippen LogP contribution in [0.1, 0.15) is 67.5 Å². The van der Waals surface area contributed by atoms with E-state index in [-0.39, 0.29) is 24.0 Å². The van der Waals surface area contributed by atoms with Crippen LogP contribution in [0.3, 0.4) is 0 Å². The van der Waals surface area contributed by atoms with Gasteiger partial charge in [0.1, 0.15) is 11.7 Å². The minimum absolute atomic E-state index is 0.0335. The molecule has 272 valence electrons. The van der Waals surface area contributed by atoms with Gasteiger partial charge in [-0.3, -0.25) is 18.6 Å². The topological polar surface area (TPSA) is 254 Å². The van der Waals surface area contributed by atoms with Crippen molar-refractivity contribution in [2.75, 3.05) is 18.9 Å². The van der Waals surface area contributed by atoms with Crippen LogP contribution in [-0.2, 0) is 48.0 Å². The number of β-lactam (4-membered cyclic amide) rings is 1. The molecule has 22 heteroatoms. The molecule has 1 aliphatic rings. The zero-order valence-electron chi connectivity index (χ0n) is 27.2. The maximum absolute atomic E-state index is 13.0. The normalized spacial score (nSPS) is 17.4. The number of alkyl halides is 3. The molecule has 1 fully saturated rings. The lowest BCUT2D eigenvalue weighted by atomic mass is 9.91. The van der Waals surface area contributed by atoms with Crippen molar-refractivity contribution in [3.63, 3.8) is 0 Å². The van der Waals surface area contributed by atoms with Gasteiger partial charge < -0.3 is 30.8 Å². The Balaban J connectivity index is 0.00000148. The highest BCUT2D eigenvalue weighted by molar-refractivity contribution is 7.85. The molecule has 0 saturated carbocycles. The summed E-state index contributed by atoms with van der Waals surface area (Å²) in [6, 6.07) is -2.29. The van der Waals surface area contributed by atoms with Crippen LogP contribution < -0.4 is 11.1 Å². The van der Waals surface area contributed by atoms with E-state index in [0.717, 1.165) is 11.3 Å². The van der Waals surface area contributed by atoms with E-state index < -0.39 is 80.4 Å². The number of hydrogen-bond acceptors (Lipinski definition) is 14. The molecular formula is C26H38F3N5O12S2. The van der Waals surface area contributed by atoms with Crippen molar-refractivity contribution in [1.82, 2.24) is 14.6 Å². The van der Waals surface area contributed by atoms with E-state index in [0.29, 0.717) is 10.7 Å². The largest absolute Gasteiger partial charge is 0.490 e. The number of ether oxygens (including phenoxy) is 1. The van der Waals surface area contributed by atoms with E-state index in [1.54, 1.807) is 34.6 Å². The van der Waals surface area contributed by atoms with E-state index in [9.17, 15) is 45.9 Å². The molecule has 0 unspecified atom stereocenters. The second-order valence-corrected chi connectivity index (χ2v) is 14.9. The van der Waals surface area contributed by atoms with E-state index in [1.807, 2.05) is 0 Å². The smallest absolute Gasteiger partial charge is 0.478 e. The fraction of sp³-hybridized carbons (Fsp3) is 0.654. The number of nitrogens with zero attached hydrogens (tertiary/aromatic N) is 3. The standard InChI is InChI=1S/C24H37N5O10S2.C2HF3O2/c1-13-15(27-17(30)16(14-11-40-21(25)26-14)28-39-24(7,8)19(32)33)18(31)29(13)41(35,36)38-12-23(5,6)9-10-37-20(34)22(2,3)4;3-2(4,5)1(6)7/h11,13,15H,9-10,12H2,1-8H3,(H2,25,26)(H,27,30)(H,32,33);(H,6,7)/b28-16-;/t13-,15-;/m0./s1. The van der Waals surface area contributed by atoms with Crippen LogP contribution in [0.25, 0.3) is 0 Å². The molecule has 0 bridgehead atoms. The summed E-state index contributed by atoms with van der Waals surface area (Å²) in [4.78, 5) is 67.0. The van der Waals surface area contributed by atoms with Crippen molar-refractivity contribution < 1.29 is 69.5 Å². The third-order valence-electron chi connectivity index (χ3n) is 6.19. The molecule has 1 aliphatic heterocycles. The number of aromatic nitrogens is 1. The Bertz CT molecular complexity index is 1520. The van der Waals surface area contributed by atoms with Crippen LogP contribution in [0.4, 0.5) is 18.3 Å². The number of rotatable bonds is 13. The molecule has 17 nitrogen and oxygen atoms in total. The average molecular weight is 734 g/mol. The minimum Gasteiger partial charge on any atom is -0.478 e. The van der Waals surface area contributed by atoms with Crippen LogP contribution in [-0.4, -0.2) is 100 Å². The Morgan fingerprint density at radius 1 is 1.08 bits per heavy atom. The van der Waals surface area contributed by atoms with Gasteiger partial charge in [0.15, 0.2) is 10.8 Å². The first-order chi connectivity index (χ1) is 21.5. The summed E-state index contributed by atoms with van der Waals surface area (Å²) in [6.07, 6.45) is -4.78. The van der Waals surface area contributed by atoms with E-state index in [2.05, 4.69) is 15.5 Å².